The molecule has 2 atom stereocenters. The number of imide groups is 1. The van der Waals surface area contributed by atoms with E-state index in [4.69, 9.17) is 9.47 Å². The highest BCUT2D eigenvalue weighted by molar-refractivity contribution is 5.98. The molecular weight excluding hydrogens is 320 g/mol. The van der Waals surface area contributed by atoms with Gasteiger partial charge in [-0.25, -0.2) is 4.79 Å². The normalized spacial score (nSPS) is 20.7. The molecule has 25 heavy (non-hydrogen) atoms. The molecule has 3 amide bonds. The number of nitrogens with zero attached hydrogens (tertiary/aromatic N) is 1. The highest BCUT2D eigenvalue weighted by atomic mass is 16.5. The van der Waals surface area contributed by atoms with Crippen molar-refractivity contribution in [2.75, 3.05) is 19.9 Å². The third-order valence-electron chi connectivity index (χ3n) is 4.49. The molecular formula is C19H28N2O4. The van der Waals surface area contributed by atoms with Crippen molar-refractivity contribution < 1.29 is 19.1 Å². The van der Waals surface area contributed by atoms with E-state index in [1.54, 1.807) is 4.90 Å². The van der Waals surface area contributed by atoms with Crippen molar-refractivity contribution in [2.45, 2.75) is 46.8 Å². The van der Waals surface area contributed by atoms with E-state index in [9.17, 15) is 9.59 Å². The first-order valence-electron chi connectivity index (χ1n) is 8.76. The number of hydrogen-bond donors (Lipinski definition) is 1. The predicted molar refractivity (Wildman–Crippen MR) is 95.0 cm³/mol. The van der Waals surface area contributed by atoms with Crippen molar-refractivity contribution in [2.24, 2.45) is 5.92 Å². The first-order chi connectivity index (χ1) is 11.9. The Morgan fingerprint density at radius 2 is 1.72 bits per heavy atom. The van der Waals surface area contributed by atoms with Gasteiger partial charge in [-0.2, -0.15) is 0 Å². The smallest absolute Gasteiger partial charge is 0.326 e. The molecule has 1 N–H and O–H groups in total. The van der Waals surface area contributed by atoms with E-state index in [-0.39, 0.29) is 24.6 Å². The molecule has 2 rings (SSSR count). The van der Waals surface area contributed by atoms with Gasteiger partial charge < -0.3 is 9.47 Å². The Morgan fingerprint density at radius 1 is 1.08 bits per heavy atom. The van der Waals surface area contributed by atoms with Crippen LogP contribution in [-0.4, -0.2) is 42.8 Å². The average Bonchev–Trinajstić information content (AvgIpc) is 2.52. The van der Waals surface area contributed by atoms with Gasteiger partial charge in [-0.3, -0.25) is 15.0 Å². The molecule has 1 heterocycles. The van der Waals surface area contributed by atoms with E-state index in [2.05, 4.69) is 37.4 Å². The van der Waals surface area contributed by atoms with Crippen LogP contribution in [0.1, 0.15) is 37.0 Å². The van der Waals surface area contributed by atoms with Crippen LogP contribution in [0, 0.1) is 19.8 Å². The highest BCUT2D eigenvalue weighted by Crippen LogP contribution is 2.19. The molecule has 1 aromatic rings. The maximum Gasteiger partial charge on any atom is 0.326 e. The molecule has 0 aromatic heterocycles. The first kappa shape index (κ1) is 19.4. The van der Waals surface area contributed by atoms with Gasteiger partial charge in [-0.1, -0.05) is 36.2 Å². The lowest BCUT2D eigenvalue weighted by Crippen LogP contribution is -2.59. The largest absolute Gasteiger partial charge is 0.374 e. The van der Waals surface area contributed by atoms with E-state index in [0.29, 0.717) is 26.2 Å². The zero-order valence-electron chi connectivity index (χ0n) is 15.5. The van der Waals surface area contributed by atoms with Crippen molar-refractivity contribution in [3.8, 4) is 0 Å². The van der Waals surface area contributed by atoms with Crippen LogP contribution in [0.2, 0.25) is 0 Å². The van der Waals surface area contributed by atoms with Gasteiger partial charge in [0.25, 0.3) is 0 Å². The molecule has 1 fully saturated rings. The Labute approximate surface area is 149 Å². The summed E-state index contributed by atoms with van der Waals surface area (Å²) in [5.74, 6) is -0.393. The number of hydrogen-bond acceptors (Lipinski definition) is 4. The van der Waals surface area contributed by atoms with Gasteiger partial charge in [-0.05, 0) is 32.8 Å². The van der Waals surface area contributed by atoms with E-state index >= 15 is 0 Å². The fourth-order valence-corrected chi connectivity index (χ4v) is 3.22. The molecule has 1 aliphatic rings. The summed E-state index contributed by atoms with van der Waals surface area (Å²) in [5.41, 5.74) is 3.59. The van der Waals surface area contributed by atoms with Crippen LogP contribution in [-0.2, 0) is 20.9 Å². The van der Waals surface area contributed by atoms with Crippen LogP contribution in [0.5, 0.6) is 0 Å². The maximum absolute atomic E-state index is 11.9. The van der Waals surface area contributed by atoms with Crippen molar-refractivity contribution in [3.05, 3.63) is 34.9 Å². The molecule has 6 heteroatoms. The topological polar surface area (TPSA) is 67.9 Å². The number of rotatable bonds is 8. The third kappa shape index (κ3) is 5.28. The van der Waals surface area contributed by atoms with Gasteiger partial charge in [-0.15, -0.1) is 0 Å². The number of aryl methyl sites for hydroxylation is 2. The lowest BCUT2D eigenvalue weighted by atomic mass is 9.94. The summed E-state index contributed by atoms with van der Waals surface area (Å²) >= 11 is 0. The van der Waals surface area contributed by atoms with Gasteiger partial charge in [0.05, 0.1) is 25.7 Å². The number of amides is 3. The van der Waals surface area contributed by atoms with Crippen molar-refractivity contribution in [1.82, 2.24) is 10.2 Å². The summed E-state index contributed by atoms with van der Waals surface area (Å²) in [6.07, 6.45) is 0.690. The Morgan fingerprint density at radius 3 is 2.36 bits per heavy atom. The number of benzene rings is 1. The van der Waals surface area contributed by atoms with Gasteiger partial charge in [0, 0.05) is 6.04 Å². The number of nitrogens with one attached hydrogen (secondary N) is 1. The van der Waals surface area contributed by atoms with Crippen LogP contribution in [0.15, 0.2) is 18.2 Å². The summed E-state index contributed by atoms with van der Waals surface area (Å²) in [5, 5.41) is 2.38. The molecule has 0 spiro atoms. The molecule has 0 saturated carbocycles. The van der Waals surface area contributed by atoms with E-state index in [1.807, 2.05) is 13.8 Å². The standard InChI is InChI=1S/C19H28N2O4/c1-5-17-15(4)21(19(23)20-18(17)22)12-25-7-6-24-11-16-9-13(2)8-14(3)10-16/h8-10,15,17H,5-7,11-12H2,1-4H3,(H,20,22,23). The molecule has 1 saturated heterocycles. The Kier molecular flexibility index (Phi) is 6.96. The second-order valence-electron chi connectivity index (χ2n) is 6.61. The lowest BCUT2D eigenvalue weighted by Gasteiger charge is -2.37. The van der Waals surface area contributed by atoms with E-state index < -0.39 is 6.03 Å². The van der Waals surface area contributed by atoms with Gasteiger partial charge in [0.15, 0.2) is 0 Å². The minimum atomic E-state index is -0.390. The SMILES string of the molecule is CCC1C(=O)NC(=O)N(COCCOCc2cc(C)cc(C)c2)C1C. The van der Waals surface area contributed by atoms with Crippen molar-refractivity contribution in [1.29, 1.82) is 0 Å². The fraction of sp³-hybridized carbons (Fsp3) is 0.579. The highest BCUT2D eigenvalue weighted by Gasteiger charge is 2.37. The minimum Gasteiger partial charge on any atom is -0.374 e. The maximum atomic E-state index is 11.9. The van der Waals surface area contributed by atoms with E-state index in [0.717, 1.165) is 5.56 Å². The van der Waals surface area contributed by atoms with Crippen LogP contribution < -0.4 is 5.32 Å². The van der Waals surface area contributed by atoms with Crippen LogP contribution in [0.25, 0.3) is 0 Å². The van der Waals surface area contributed by atoms with Crippen LogP contribution in [0.3, 0.4) is 0 Å². The zero-order valence-corrected chi connectivity index (χ0v) is 15.5. The molecule has 1 aliphatic heterocycles. The number of ether oxygens (including phenoxy) is 2. The summed E-state index contributed by atoms with van der Waals surface area (Å²) in [7, 11) is 0. The molecule has 0 radical (unpaired) electrons. The van der Waals surface area contributed by atoms with Crippen molar-refractivity contribution in [3.63, 3.8) is 0 Å². The molecule has 0 aliphatic carbocycles. The Hall–Kier alpha value is -1.92. The number of carbonyl (C=O) groups excluding carboxylic acids is 2. The lowest BCUT2D eigenvalue weighted by molar-refractivity contribution is -0.129. The zero-order chi connectivity index (χ0) is 18.4. The fourth-order valence-electron chi connectivity index (χ4n) is 3.22. The number of carbonyl (C=O) groups is 2. The van der Waals surface area contributed by atoms with Gasteiger partial charge >= 0.3 is 6.03 Å². The summed E-state index contributed by atoms with van der Waals surface area (Å²) < 4.78 is 11.2. The predicted octanol–water partition coefficient (Wildman–Crippen LogP) is 2.76. The molecule has 2 unspecified atom stereocenters. The minimum absolute atomic E-state index is 0.156. The molecule has 0 bridgehead atoms. The molecule has 138 valence electrons. The second-order valence-corrected chi connectivity index (χ2v) is 6.61. The molecule has 6 nitrogen and oxygen atoms in total. The summed E-state index contributed by atoms with van der Waals surface area (Å²) in [4.78, 5) is 25.3. The van der Waals surface area contributed by atoms with E-state index in [1.165, 1.54) is 11.1 Å². The third-order valence-corrected chi connectivity index (χ3v) is 4.49. The molecule has 1 aromatic carbocycles. The number of urea groups is 1. The monoisotopic (exact) mass is 348 g/mol. The summed E-state index contributed by atoms with van der Waals surface area (Å²) in [6, 6.07) is 5.79. The quantitative estimate of drug-likeness (QED) is 0.734. The Balaban J connectivity index is 1.70. The van der Waals surface area contributed by atoms with Crippen molar-refractivity contribution >= 4 is 11.9 Å². The second kappa shape index (κ2) is 8.97. The first-order valence-corrected chi connectivity index (χ1v) is 8.76. The van der Waals surface area contributed by atoms with Gasteiger partial charge in [0.2, 0.25) is 5.91 Å². The van der Waals surface area contributed by atoms with Gasteiger partial charge in [0.1, 0.15) is 6.73 Å². The van der Waals surface area contributed by atoms with Crippen LogP contribution >= 0.6 is 0 Å². The summed E-state index contributed by atoms with van der Waals surface area (Å²) in [6.45, 7) is 9.50. The Bertz CT molecular complexity index is 597. The van der Waals surface area contributed by atoms with Crippen LogP contribution in [0.4, 0.5) is 4.79 Å². The average molecular weight is 348 g/mol.